The summed E-state index contributed by atoms with van der Waals surface area (Å²) >= 11 is 0. The number of hydrogen-bond acceptors (Lipinski definition) is 6. The van der Waals surface area contributed by atoms with Gasteiger partial charge < -0.3 is 15.4 Å². The standard InChI is InChI=1S/C23H26N4O2/c1-3-5-15-24-19-13-9-10-14-20(19)26-22-18(23(28)29-4-2)16-25-21(27-22)17-11-7-6-8-12-17/h6-14,16,24H,3-5,15H2,1-2H3,(H,25,26,27). The van der Waals surface area contributed by atoms with Gasteiger partial charge in [-0.1, -0.05) is 55.8 Å². The van der Waals surface area contributed by atoms with E-state index in [2.05, 4.69) is 27.5 Å². The number of ether oxygens (including phenoxy) is 1. The molecule has 2 aromatic carbocycles. The third-order valence-electron chi connectivity index (χ3n) is 4.34. The van der Waals surface area contributed by atoms with E-state index in [-0.39, 0.29) is 6.61 Å². The van der Waals surface area contributed by atoms with Crippen molar-refractivity contribution in [2.45, 2.75) is 26.7 Å². The van der Waals surface area contributed by atoms with Crippen molar-refractivity contribution in [1.82, 2.24) is 9.97 Å². The number of unbranched alkanes of at least 4 members (excludes halogenated alkanes) is 1. The topological polar surface area (TPSA) is 76.1 Å². The first-order valence-corrected chi connectivity index (χ1v) is 9.92. The Morgan fingerprint density at radius 2 is 1.72 bits per heavy atom. The lowest BCUT2D eigenvalue weighted by Crippen LogP contribution is -2.12. The van der Waals surface area contributed by atoms with Crippen LogP contribution in [0.15, 0.2) is 60.8 Å². The van der Waals surface area contributed by atoms with Crippen molar-refractivity contribution >= 4 is 23.2 Å². The molecule has 0 unspecified atom stereocenters. The van der Waals surface area contributed by atoms with Crippen molar-refractivity contribution in [2.75, 3.05) is 23.8 Å². The van der Waals surface area contributed by atoms with E-state index in [4.69, 9.17) is 4.74 Å². The number of esters is 1. The number of nitrogens with one attached hydrogen (secondary N) is 2. The van der Waals surface area contributed by atoms with Crippen LogP contribution in [0.25, 0.3) is 11.4 Å². The van der Waals surface area contributed by atoms with Gasteiger partial charge in [-0.15, -0.1) is 0 Å². The molecule has 2 N–H and O–H groups in total. The fraction of sp³-hybridized carbons (Fsp3) is 0.261. The van der Waals surface area contributed by atoms with E-state index in [1.165, 1.54) is 6.20 Å². The Morgan fingerprint density at radius 3 is 2.45 bits per heavy atom. The summed E-state index contributed by atoms with van der Waals surface area (Å²) < 4.78 is 5.19. The molecule has 6 heteroatoms. The van der Waals surface area contributed by atoms with Gasteiger partial charge in [0.15, 0.2) is 5.82 Å². The van der Waals surface area contributed by atoms with Crippen molar-refractivity contribution in [1.29, 1.82) is 0 Å². The molecule has 0 aliphatic carbocycles. The van der Waals surface area contributed by atoms with E-state index < -0.39 is 5.97 Å². The molecule has 3 rings (SSSR count). The van der Waals surface area contributed by atoms with Crippen LogP contribution < -0.4 is 10.6 Å². The maximum Gasteiger partial charge on any atom is 0.343 e. The Kier molecular flexibility index (Phi) is 7.16. The Labute approximate surface area is 171 Å². The Hall–Kier alpha value is -3.41. The van der Waals surface area contributed by atoms with Crippen LogP contribution in [0.3, 0.4) is 0 Å². The van der Waals surface area contributed by atoms with E-state index in [1.807, 2.05) is 54.6 Å². The van der Waals surface area contributed by atoms with Gasteiger partial charge >= 0.3 is 5.97 Å². The van der Waals surface area contributed by atoms with Gasteiger partial charge in [0.05, 0.1) is 18.0 Å². The number of aromatic nitrogens is 2. The molecule has 0 bridgehead atoms. The molecule has 1 aromatic heterocycles. The van der Waals surface area contributed by atoms with Gasteiger partial charge in [-0.05, 0) is 25.5 Å². The molecule has 150 valence electrons. The van der Waals surface area contributed by atoms with E-state index in [0.717, 1.165) is 36.3 Å². The first kappa shape index (κ1) is 20.3. The minimum atomic E-state index is -0.453. The number of benzene rings is 2. The summed E-state index contributed by atoms with van der Waals surface area (Å²) in [7, 11) is 0. The maximum absolute atomic E-state index is 12.4. The lowest BCUT2D eigenvalue weighted by atomic mass is 10.2. The molecule has 0 saturated carbocycles. The van der Waals surface area contributed by atoms with Crippen LogP contribution in [0.1, 0.15) is 37.0 Å². The zero-order valence-electron chi connectivity index (χ0n) is 16.8. The van der Waals surface area contributed by atoms with Gasteiger partial charge in [-0.2, -0.15) is 0 Å². The molecule has 0 radical (unpaired) electrons. The van der Waals surface area contributed by atoms with Crippen LogP contribution in [-0.4, -0.2) is 29.1 Å². The SMILES string of the molecule is CCCCNc1ccccc1Nc1nc(-c2ccccc2)ncc1C(=O)OCC. The van der Waals surface area contributed by atoms with Crippen LogP contribution in [0, 0.1) is 0 Å². The van der Waals surface area contributed by atoms with Gasteiger partial charge in [-0.25, -0.2) is 14.8 Å². The Balaban J connectivity index is 1.97. The number of rotatable bonds is 9. The highest BCUT2D eigenvalue weighted by molar-refractivity contribution is 5.96. The summed E-state index contributed by atoms with van der Waals surface area (Å²) in [5.41, 5.74) is 2.97. The molecule has 0 amide bonds. The summed E-state index contributed by atoms with van der Waals surface area (Å²) in [6.07, 6.45) is 3.71. The van der Waals surface area contributed by atoms with Gasteiger partial charge in [-0.3, -0.25) is 0 Å². The van der Waals surface area contributed by atoms with E-state index >= 15 is 0 Å². The molecular weight excluding hydrogens is 364 g/mol. The van der Waals surface area contributed by atoms with Crippen molar-refractivity contribution in [2.24, 2.45) is 0 Å². The largest absolute Gasteiger partial charge is 0.462 e. The summed E-state index contributed by atoms with van der Waals surface area (Å²) in [5.74, 6) is 0.505. The van der Waals surface area contributed by atoms with Gasteiger partial charge in [0.2, 0.25) is 0 Å². The highest BCUT2D eigenvalue weighted by Gasteiger charge is 2.17. The summed E-state index contributed by atoms with van der Waals surface area (Å²) in [6.45, 7) is 5.09. The van der Waals surface area contributed by atoms with Gasteiger partial charge in [0.25, 0.3) is 0 Å². The summed E-state index contributed by atoms with van der Waals surface area (Å²) in [4.78, 5) is 21.4. The van der Waals surface area contributed by atoms with E-state index in [9.17, 15) is 4.79 Å². The second-order valence-electron chi connectivity index (χ2n) is 6.49. The number of hydrogen-bond donors (Lipinski definition) is 2. The van der Waals surface area contributed by atoms with Crippen LogP contribution in [0.5, 0.6) is 0 Å². The number of nitrogens with zero attached hydrogens (tertiary/aromatic N) is 2. The van der Waals surface area contributed by atoms with E-state index in [0.29, 0.717) is 17.2 Å². The van der Waals surface area contributed by atoms with Crippen LogP contribution in [-0.2, 0) is 4.74 Å². The lowest BCUT2D eigenvalue weighted by Gasteiger charge is -2.15. The fourth-order valence-electron chi connectivity index (χ4n) is 2.84. The number of anilines is 3. The molecule has 6 nitrogen and oxygen atoms in total. The first-order valence-electron chi connectivity index (χ1n) is 9.92. The minimum Gasteiger partial charge on any atom is -0.462 e. The third kappa shape index (κ3) is 5.31. The molecule has 0 fully saturated rings. The predicted octanol–water partition coefficient (Wildman–Crippen LogP) is 5.28. The Bertz CT molecular complexity index is 945. The number of carbonyl (C=O) groups is 1. The molecule has 0 atom stereocenters. The van der Waals surface area contributed by atoms with Crippen LogP contribution >= 0.6 is 0 Å². The maximum atomic E-state index is 12.4. The average molecular weight is 390 g/mol. The van der Waals surface area contributed by atoms with Crippen molar-refractivity contribution in [3.05, 3.63) is 66.4 Å². The molecule has 0 aliphatic heterocycles. The molecule has 0 aliphatic rings. The minimum absolute atomic E-state index is 0.286. The smallest absolute Gasteiger partial charge is 0.343 e. The van der Waals surface area contributed by atoms with Gasteiger partial charge in [0.1, 0.15) is 11.4 Å². The van der Waals surface area contributed by atoms with Crippen LogP contribution in [0.4, 0.5) is 17.2 Å². The number of para-hydroxylation sites is 2. The van der Waals surface area contributed by atoms with Crippen molar-refractivity contribution in [3.8, 4) is 11.4 Å². The number of carbonyl (C=O) groups excluding carboxylic acids is 1. The van der Waals surface area contributed by atoms with E-state index in [1.54, 1.807) is 6.92 Å². The molecule has 0 saturated heterocycles. The Morgan fingerprint density at radius 1 is 1.00 bits per heavy atom. The van der Waals surface area contributed by atoms with Crippen LogP contribution in [0.2, 0.25) is 0 Å². The highest BCUT2D eigenvalue weighted by atomic mass is 16.5. The molecule has 3 aromatic rings. The molecule has 1 heterocycles. The van der Waals surface area contributed by atoms with Crippen molar-refractivity contribution < 1.29 is 9.53 Å². The lowest BCUT2D eigenvalue weighted by molar-refractivity contribution is 0.0526. The second-order valence-corrected chi connectivity index (χ2v) is 6.49. The van der Waals surface area contributed by atoms with Crippen molar-refractivity contribution in [3.63, 3.8) is 0 Å². The fourth-order valence-corrected chi connectivity index (χ4v) is 2.84. The summed E-state index contributed by atoms with van der Waals surface area (Å²) in [5, 5.41) is 6.74. The normalized spacial score (nSPS) is 10.4. The summed E-state index contributed by atoms with van der Waals surface area (Å²) in [6, 6.07) is 17.5. The monoisotopic (exact) mass is 390 g/mol. The zero-order valence-corrected chi connectivity index (χ0v) is 16.8. The first-order chi connectivity index (χ1) is 14.2. The predicted molar refractivity (Wildman–Crippen MR) is 117 cm³/mol. The zero-order chi connectivity index (χ0) is 20.5. The molecule has 0 spiro atoms. The average Bonchev–Trinajstić information content (AvgIpc) is 2.76. The highest BCUT2D eigenvalue weighted by Crippen LogP contribution is 2.28. The molecule has 29 heavy (non-hydrogen) atoms. The van der Waals surface area contributed by atoms with Gasteiger partial charge in [0, 0.05) is 18.3 Å². The molecular formula is C23H26N4O2. The second kappa shape index (κ2) is 10.2. The third-order valence-corrected chi connectivity index (χ3v) is 4.34. The quantitative estimate of drug-likeness (QED) is 0.383.